The summed E-state index contributed by atoms with van der Waals surface area (Å²) in [4.78, 5) is 11.7. The first-order valence-corrected chi connectivity index (χ1v) is 7.36. The van der Waals surface area contributed by atoms with E-state index in [-0.39, 0.29) is 18.0 Å². The van der Waals surface area contributed by atoms with Gasteiger partial charge in [-0.15, -0.1) is 13.2 Å². The van der Waals surface area contributed by atoms with Crippen molar-refractivity contribution in [1.82, 2.24) is 0 Å². The number of alkyl halides is 3. The van der Waals surface area contributed by atoms with E-state index in [9.17, 15) is 18.0 Å². The standard InChI is InChI=1S/C14H17F3O2S/c1-10(2)8-20-9-12(18)7-11-3-5-13(6-4-11)19-14(15,16)17/h3-6,10H,7-9H2,1-2H3. The molecule has 0 aliphatic carbocycles. The van der Waals surface area contributed by atoms with Crippen LogP contribution in [0, 0.1) is 5.92 Å². The smallest absolute Gasteiger partial charge is 0.406 e. The number of ether oxygens (including phenoxy) is 1. The van der Waals surface area contributed by atoms with Crippen molar-refractivity contribution in [2.75, 3.05) is 11.5 Å². The van der Waals surface area contributed by atoms with Crippen molar-refractivity contribution in [3.8, 4) is 5.75 Å². The predicted octanol–water partition coefficient (Wildman–Crippen LogP) is 4.09. The van der Waals surface area contributed by atoms with E-state index in [1.807, 2.05) is 0 Å². The second kappa shape index (κ2) is 7.57. The Labute approximate surface area is 120 Å². The molecule has 0 spiro atoms. The molecule has 0 saturated heterocycles. The average Bonchev–Trinajstić information content (AvgIpc) is 2.29. The van der Waals surface area contributed by atoms with Crippen LogP contribution in [0.2, 0.25) is 0 Å². The quantitative estimate of drug-likeness (QED) is 0.759. The summed E-state index contributed by atoms with van der Waals surface area (Å²) in [5, 5.41) is 0. The summed E-state index contributed by atoms with van der Waals surface area (Å²) in [6.45, 7) is 4.16. The Morgan fingerprint density at radius 1 is 1.25 bits per heavy atom. The second-order valence-corrected chi connectivity index (χ2v) is 5.85. The Balaban J connectivity index is 2.43. The first-order chi connectivity index (χ1) is 9.26. The van der Waals surface area contributed by atoms with E-state index in [2.05, 4.69) is 18.6 Å². The summed E-state index contributed by atoms with van der Waals surface area (Å²) >= 11 is 1.58. The molecule has 0 atom stereocenters. The number of carbonyl (C=O) groups excluding carboxylic acids is 1. The summed E-state index contributed by atoms with van der Waals surface area (Å²) in [5.41, 5.74) is 0.690. The van der Waals surface area contributed by atoms with Crippen LogP contribution in [0.5, 0.6) is 5.75 Å². The molecular weight excluding hydrogens is 289 g/mol. The number of hydrogen-bond acceptors (Lipinski definition) is 3. The first-order valence-electron chi connectivity index (χ1n) is 6.20. The number of carbonyl (C=O) groups is 1. The third kappa shape index (κ3) is 7.43. The fraction of sp³-hybridized carbons (Fsp3) is 0.500. The van der Waals surface area contributed by atoms with Gasteiger partial charge in [0.15, 0.2) is 0 Å². The highest BCUT2D eigenvalue weighted by molar-refractivity contribution is 7.99. The van der Waals surface area contributed by atoms with Crippen LogP contribution in [0.3, 0.4) is 0 Å². The SMILES string of the molecule is CC(C)CSCC(=O)Cc1ccc(OC(F)(F)F)cc1. The highest BCUT2D eigenvalue weighted by Gasteiger charge is 2.30. The Bertz CT molecular complexity index is 427. The van der Waals surface area contributed by atoms with Crippen LogP contribution in [0.1, 0.15) is 19.4 Å². The first kappa shape index (κ1) is 16.9. The summed E-state index contributed by atoms with van der Waals surface area (Å²) in [7, 11) is 0. The molecule has 20 heavy (non-hydrogen) atoms. The van der Waals surface area contributed by atoms with Gasteiger partial charge in [-0.25, -0.2) is 0 Å². The van der Waals surface area contributed by atoms with Crippen LogP contribution in [0.25, 0.3) is 0 Å². The summed E-state index contributed by atoms with van der Waals surface area (Å²) in [5.74, 6) is 1.68. The van der Waals surface area contributed by atoms with E-state index >= 15 is 0 Å². The summed E-state index contributed by atoms with van der Waals surface area (Å²) in [6.07, 6.45) is -4.46. The lowest BCUT2D eigenvalue weighted by Crippen LogP contribution is -2.17. The van der Waals surface area contributed by atoms with Crippen molar-refractivity contribution in [2.24, 2.45) is 5.92 Å². The number of thioether (sulfide) groups is 1. The monoisotopic (exact) mass is 306 g/mol. The maximum absolute atomic E-state index is 12.0. The lowest BCUT2D eigenvalue weighted by atomic mass is 10.1. The molecule has 6 heteroatoms. The Kier molecular flexibility index (Phi) is 6.39. The van der Waals surface area contributed by atoms with Gasteiger partial charge in [-0.2, -0.15) is 11.8 Å². The number of hydrogen-bond donors (Lipinski definition) is 0. The molecule has 1 aromatic rings. The second-order valence-electron chi connectivity index (χ2n) is 4.82. The van der Waals surface area contributed by atoms with Crippen LogP contribution >= 0.6 is 11.8 Å². The number of rotatable bonds is 7. The molecule has 0 heterocycles. The van der Waals surface area contributed by atoms with Crippen LogP contribution in [0.15, 0.2) is 24.3 Å². The third-order valence-corrected chi connectivity index (χ3v) is 3.70. The van der Waals surface area contributed by atoms with E-state index in [0.717, 1.165) is 5.75 Å². The molecule has 0 amide bonds. The molecule has 1 rings (SSSR count). The van der Waals surface area contributed by atoms with Gasteiger partial charge in [0, 0.05) is 6.42 Å². The van der Waals surface area contributed by atoms with Crippen LogP contribution in [0.4, 0.5) is 13.2 Å². The van der Waals surface area contributed by atoms with Gasteiger partial charge in [0.05, 0.1) is 5.75 Å². The Hall–Kier alpha value is -1.17. The lowest BCUT2D eigenvalue weighted by molar-refractivity contribution is -0.274. The highest BCUT2D eigenvalue weighted by Crippen LogP contribution is 2.23. The van der Waals surface area contributed by atoms with Crippen molar-refractivity contribution in [2.45, 2.75) is 26.6 Å². The molecule has 112 valence electrons. The molecule has 0 aliphatic heterocycles. The van der Waals surface area contributed by atoms with Gasteiger partial charge in [0.1, 0.15) is 11.5 Å². The topological polar surface area (TPSA) is 26.3 Å². The summed E-state index contributed by atoms with van der Waals surface area (Å²) in [6, 6.07) is 5.40. The molecule has 2 nitrogen and oxygen atoms in total. The van der Waals surface area contributed by atoms with Crippen LogP contribution < -0.4 is 4.74 Å². The lowest BCUT2D eigenvalue weighted by Gasteiger charge is -2.09. The van der Waals surface area contributed by atoms with Crippen molar-refractivity contribution in [3.05, 3.63) is 29.8 Å². The number of ketones is 1. The molecule has 0 radical (unpaired) electrons. The highest BCUT2D eigenvalue weighted by atomic mass is 32.2. The van der Waals surface area contributed by atoms with Crippen molar-refractivity contribution in [1.29, 1.82) is 0 Å². The van der Waals surface area contributed by atoms with E-state index in [4.69, 9.17) is 0 Å². The van der Waals surface area contributed by atoms with E-state index in [1.165, 1.54) is 24.3 Å². The van der Waals surface area contributed by atoms with Gasteiger partial charge >= 0.3 is 6.36 Å². The molecule has 0 aliphatic rings. The summed E-state index contributed by atoms with van der Waals surface area (Å²) < 4.78 is 39.7. The Morgan fingerprint density at radius 3 is 2.35 bits per heavy atom. The Morgan fingerprint density at radius 2 is 1.85 bits per heavy atom. The van der Waals surface area contributed by atoms with Gasteiger partial charge in [0.2, 0.25) is 0 Å². The zero-order valence-electron chi connectivity index (χ0n) is 11.4. The number of Topliss-reactive ketones (excluding diaryl/α,β-unsaturated/α-hetero) is 1. The zero-order chi connectivity index (χ0) is 15.2. The molecular formula is C14H17F3O2S. The molecule has 0 aromatic heterocycles. The molecule has 0 unspecified atom stereocenters. The van der Waals surface area contributed by atoms with Gasteiger partial charge in [0.25, 0.3) is 0 Å². The normalized spacial score (nSPS) is 11.7. The van der Waals surface area contributed by atoms with Crippen molar-refractivity contribution >= 4 is 17.5 Å². The fourth-order valence-corrected chi connectivity index (χ4v) is 2.42. The van der Waals surface area contributed by atoms with Crippen LogP contribution in [-0.2, 0) is 11.2 Å². The van der Waals surface area contributed by atoms with Gasteiger partial charge in [-0.3, -0.25) is 4.79 Å². The van der Waals surface area contributed by atoms with Crippen LogP contribution in [-0.4, -0.2) is 23.7 Å². The van der Waals surface area contributed by atoms with E-state index < -0.39 is 6.36 Å². The number of benzene rings is 1. The molecule has 0 fully saturated rings. The zero-order valence-corrected chi connectivity index (χ0v) is 12.2. The van der Waals surface area contributed by atoms with E-state index in [0.29, 0.717) is 17.2 Å². The minimum Gasteiger partial charge on any atom is -0.406 e. The predicted molar refractivity (Wildman–Crippen MR) is 74.0 cm³/mol. The van der Waals surface area contributed by atoms with Crippen molar-refractivity contribution in [3.63, 3.8) is 0 Å². The number of halogens is 3. The maximum atomic E-state index is 12.0. The molecule has 0 bridgehead atoms. The molecule has 0 saturated carbocycles. The van der Waals surface area contributed by atoms with Gasteiger partial charge in [-0.1, -0.05) is 26.0 Å². The average molecular weight is 306 g/mol. The molecule has 0 N–H and O–H groups in total. The maximum Gasteiger partial charge on any atom is 0.573 e. The third-order valence-electron chi connectivity index (χ3n) is 2.27. The van der Waals surface area contributed by atoms with Crippen molar-refractivity contribution < 1.29 is 22.7 Å². The minimum atomic E-state index is -4.69. The fourth-order valence-electron chi connectivity index (χ4n) is 1.50. The van der Waals surface area contributed by atoms with Gasteiger partial charge in [-0.05, 0) is 29.4 Å². The van der Waals surface area contributed by atoms with E-state index in [1.54, 1.807) is 11.8 Å². The molecule has 1 aromatic carbocycles. The largest absolute Gasteiger partial charge is 0.573 e. The minimum absolute atomic E-state index is 0.0696. The van der Waals surface area contributed by atoms with Gasteiger partial charge < -0.3 is 4.74 Å².